The van der Waals surface area contributed by atoms with Crippen LogP contribution in [0.25, 0.3) is 17.3 Å². The minimum atomic E-state index is -0.843. The van der Waals surface area contributed by atoms with Gasteiger partial charge in [0.2, 0.25) is 0 Å². The Hall–Kier alpha value is -2.63. The van der Waals surface area contributed by atoms with Crippen molar-refractivity contribution in [2.24, 2.45) is 5.84 Å². The third kappa shape index (κ3) is 2.73. The van der Waals surface area contributed by atoms with Crippen LogP contribution in [0.5, 0.6) is 0 Å². The minimum absolute atomic E-state index is 0.274. The van der Waals surface area contributed by atoms with Crippen LogP contribution in [0.15, 0.2) is 30.5 Å². The molecule has 0 bridgehead atoms. The van der Waals surface area contributed by atoms with Crippen LogP contribution in [0.1, 0.15) is 77.2 Å². The predicted molar refractivity (Wildman–Crippen MR) is 124 cm³/mol. The molecule has 1 aromatic carbocycles. The monoisotopic (exact) mass is 416 g/mol. The number of fused-ring (bicyclic) bond motifs is 4. The lowest BCUT2D eigenvalue weighted by Gasteiger charge is -2.35. The molecule has 0 unspecified atom stereocenters. The van der Waals surface area contributed by atoms with E-state index in [1.165, 1.54) is 43.2 Å². The summed E-state index contributed by atoms with van der Waals surface area (Å²) in [5.74, 6) is 6.79. The van der Waals surface area contributed by atoms with Crippen LogP contribution < -0.4 is 10.4 Å². The first-order valence-corrected chi connectivity index (χ1v) is 11.7. The summed E-state index contributed by atoms with van der Waals surface area (Å²) in [6.07, 6.45) is 17.6. The molecule has 1 fully saturated rings. The fraction of sp³-hybridized carbons (Fsp3) is 0.423. The normalized spacial score (nSPS) is 24.3. The number of aromatic nitrogens is 1. The number of carboxylic acids is 1. The van der Waals surface area contributed by atoms with Crippen LogP contribution in [0.4, 0.5) is 5.69 Å². The van der Waals surface area contributed by atoms with Gasteiger partial charge in [-0.2, -0.15) is 10.4 Å². The molecule has 160 valence electrons. The molecular weight excluding hydrogens is 386 g/mol. The lowest BCUT2D eigenvalue weighted by Crippen LogP contribution is -2.54. The molecule has 0 amide bonds. The average Bonchev–Trinajstić information content (AvgIpc) is 3.05. The van der Waals surface area contributed by atoms with Crippen molar-refractivity contribution in [1.82, 2.24) is 9.16 Å². The Morgan fingerprint density at radius 2 is 2.00 bits per heavy atom. The summed E-state index contributed by atoms with van der Waals surface area (Å²) in [6.45, 7) is 1.47. The fourth-order valence-corrected chi connectivity index (χ4v) is 6.52. The number of nitrogens with two attached hydrogens (primary N) is 1. The summed E-state index contributed by atoms with van der Waals surface area (Å²) in [4.78, 5) is 12.5. The van der Waals surface area contributed by atoms with Gasteiger partial charge in [0.15, 0.2) is 5.69 Å². The smallest absolute Gasteiger partial charge is 0.338 e. The van der Waals surface area contributed by atoms with Gasteiger partial charge in [0, 0.05) is 23.2 Å². The van der Waals surface area contributed by atoms with Crippen LogP contribution in [0.2, 0.25) is 0 Å². The van der Waals surface area contributed by atoms with Gasteiger partial charge in [-0.25, -0.2) is 4.79 Å². The molecule has 3 heterocycles. The van der Waals surface area contributed by atoms with Gasteiger partial charge in [-0.05, 0) is 49.3 Å². The van der Waals surface area contributed by atoms with Crippen molar-refractivity contribution >= 4 is 17.7 Å². The standard InChI is InChI=1S/C26H29N3O2/c27-29-15-6-10-19-18(17-7-2-1-3-8-17)12-13-21(25(19)29)24-23(26(30)31)20-9-4-5-11-22(20)28(24)14-16-29/h4,6,9,12-13,15,17H,1-3,5,7-8,10-11,14,16,27H2/p+1/t29-/m0/s1. The molecule has 4 aliphatic rings. The average molecular weight is 417 g/mol. The quantitative estimate of drug-likeness (QED) is 0.527. The molecule has 1 aromatic heterocycles. The van der Waals surface area contributed by atoms with E-state index in [2.05, 4.69) is 35.1 Å². The molecule has 3 N–H and O–H groups in total. The van der Waals surface area contributed by atoms with E-state index in [9.17, 15) is 9.90 Å². The molecule has 1 atom stereocenters. The van der Waals surface area contributed by atoms with Crippen LogP contribution in [-0.2, 0) is 19.4 Å². The van der Waals surface area contributed by atoms with E-state index in [4.69, 9.17) is 5.84 Å². The highest BCUT2D eigenvalue weighted by Gasteiger charge is 2.41. The Morgan fingerprint density at radius 3 is 2.81 bits per heavy atom. The van der Waals surface area contributed by atoms with E-state index in [0.717, 1.165) is 60.6 Å². The van der Waals surface area contributed by atoms with E-state index >= 15 is 0 Å². The zero-order valence-corrected chi connectivity index (χ0v) is 17.9. The van der Waals surface area contributed by atoms with Gasteiger partial charge >= 0.3 is 5.97 Å². The number of nitrogens with zero attached hydrogens (tertiary/aromatic N) is 2. The fourth-order valence-electron chi connectivity index (χ4n) is 6.52. The molecule has 5 heteroatoms. The summed E-state index contributed by atoms with van der Waals surface area (Å²) >= 11 is 0. The van der Waals surface area contributed by atoms with E-state index in [1.807, 2.05) is 6.08 Å². The first-order chi connectivity index (χ1) is 15.1. The van der Waals surface area contributed by atoms with E-state index in [-0.39, 0.29) is 4.59 Å². The van der Waals surface area contributed by atoms with Gasteiger partial charge < -0.3 is 9.67 Å². The third-order valence-corrected chi connectivity index (χ3v) is 7.88. The van der Waals surface area contributed by atoms with Gasteiger partial charge in [-0.1, -0.05) is 37.5 Å². The summed E-state index contributed by atoms with van der Waals surface area (Å²) in [6, 6.07) is 4.47. The molecular formula is C26H30N3O2+. The number of aromatic carboxylic acids is 1. The van der Waals surface area contributed by atoms with E-state index < -0.39 is 5.97 Å². The van der Waals surface area contributed by atoms with Crippen molar-refractivity contribution in [3.63, 3.8) is 0 Å². The Kier molecular flexibility index (Phi) is 4.27. The molecule has 1 saturated carbocycles. The first-order valence-electron chi connectivity index (χ1n) is 11.7. The molecule has 31 heavy (non-hydrogen) atoms. The second-order valence-corrected chi connectivity index (χ2v) is 9.59. The molecule has 2 aliphatic heterocycles. The van der Waals surface area contributed by atoms with Crippen molar-refractivity contribution < 1.29 is 9.90 Å². The van der Waals surface area contributed by atoms with Gasteiger partial charge in [0.25, 0.3) is 0 Å². The SMILES string of the molecule is N[N@+]12C=CCc3c(C4CCCCC4)ccc(c31)-c1c(C(=O)O)c3c(n1CC2)CCC=C3. The van der Waals surface area contributed by atoms with Crippen LogP contribution in [0.3, 0.4) is 0 Å². The van der Waals surface area contributed by atoms with E-state index in [0.29, 0.717) is 11.5 Å². The molecule has 0 spiro atoms. The highest BCUT2D eigenvalue weighted by atomic mass is 16.4. The summed E-state index contributed by atoms with van der Waals surface area (Å²) in [5.41, 5.74) is 8.27. The number of quaternary nitrogens is 1. The Balaban J connectivity index is 1.65. The molecule has 6 rings (SSSR count). The van der Waals surface area contributed by atoms with Gasteiger partial charge in [-0.15, -0.1) is 0 Å². The van der Waals surface area contributed by atoms with E-state index in [1.54, 1.807) is 0 Å². The Morgan fingerprint density at radius 1 is 1.16 bits per heavy atom. The van der Waals surface area contributed by atoms with Crippen molar-refractivity contribution in [2.45, 2.75) is 63.8 Å². The largest absolute Gasteiger partial charge is 0.478 e. The highest BCUT2D eigenvalue weighted by molar-refractivity contribution is 6.02. The number of hydrogen-bond acceptors (Lipinski definition) is 2. The number of carboxylic acid groups (broad SMARTS) is 1. The Bertz CT molecular complexity index is 1150. The topological polar surface area (TPSA) is 68.2 Å². The predicted octanol–water partition coefficient (Wildman–Crippen LogP) is 5.12. The number of benzene rings is 1. The minimum Gasteiger partial charge on any atom is -0.478 e. The molecule has 2 aliphatic carbocycles. The highest BCUT2D eigenvalue weighted by Crippen LogP contribution is 2.49. The van der Waals surface area contributed by atoms with Gasteiger partial charge in [-0.3, -0.25) is 0 Å². The number of carbonyl (C=O) groups is 1. The number of hydrogen-bond donors (Lipinski definition) is 2. The summed E-state index contributed by atoms with van der Waals surface area (Å²) in [5, 5.41) is 10.2. The second-order valence-electron chi connectivity index (χ2n) is 9.59. The summed E-state index contributed by atoms with van der Waals surface area (Å²) in [7, 11) is 0. The number of allylic oxidation sites excluding steroid dienone is 2. The van der Waals surface area contributed by atoms with Crippen LogP contribution >= 0.6 is 0 Å². The third-order valence-electron chi connectivity index (χ3n) is 7.88. The van der Waals surface area contributed by atoms with Crippen LogP contribution in [-0.4, -0.2) is 22.2 Å². The second kappa shape index (κ2) is 6.94. The van der Waals surface area contributed by atoms with Gasteiger partial charge in [0.05, 0.1) is 23.4 Å². The lowest BCUT2D eigenvalue weighted by molar-refractivity contribution is 0.0697. The maximum atomic E-state index is 12.5. The van der Waals surface area contributed by atoms with Crippen molar-refractivity contribution in [3.05, 3.63) is 58.4 Å². The lowest BCUT2D eigenvalue weighted by atomic mass is 9.79. The zero-order valence-electron chi connectivity index (χ0n) is 17.9. The zero-order chi connectivity index (χ0) is 21.2. The molecule has 0 saturated heterocycles. The van der Waals surface area contributed by atoms with Crippen LogP contribution in [0, 0.1) is 0 Å². The first kappa shape index (κ1) is 19.1. The maximum Gasteiger partial charge on any atom is 0.338 e. The van der Waals surface area contributed by atoms with Gasteiger partial charge in [0.1, 0.15) is 12.7 Å². The maximum absolute atomic E-state index is 12.5. The Labute approximate surface area is 183 Å². The molecule has 5 nitrogen and oxygen atoms in total. The number of rotatable bonds is 2. The van der Waals surface area contributed by atoms with Crippen molar-refractivity contribution in [1.29, 1.82) is 0 Å². The van der Waals surface area contributed by atoms with Crippen molar-refractivity contribution in [3.8, 4) is 11.3 Å². The molecule has 2 aromatic rings. The summed E-state index contributed by atoms with van der Waals surface area (Å²) < 4.78 is 2.54. The van der Waals surface area contributed by atoms with Crippen molar-refractivity contribution in [2.75, 3.05) is 6.54 Å². The molecule has 0 radical (unpaired) electrons.